The minimum atomic E-state index is -0.840. The van der Waals surface area contributed by atoms with E-state index >= 15 is 0 Å². The predicted molar refractivity (Wildman–Crippen MR) is 118 cm³/mol. The van der Waals surface area contributed by atoms with Crippen molar-refractivity contribution in [2.45, 2.75) is 64.4 Å². The molecule has 0 bridgehead atoms. The molecule has 0 atom stereocenters. The average molecular weight is 427 g/mol. The molecule has 0 unspecified atom stereocenters. The van der Waals surface area contributed by atoms with Crippen molar-refractivity contribution in [3.8, 4) is 0 Å². The Kier molecular flexibility index (Phi) is 5.71. The molecule has 0 spiro atoms. The zero-order valence-corrected chi connectivity index (χ0v) is 18.1. The molecule has 1 aromatic carbocycles. The minimum Gasteiger partial charge on any atom is -0.384 e. The van der Waals surface area contributed by atoms with Gasteiger partial charge in [0.15, 0.2) is 5.13 Å². The first kappa shape index (κ1) is 20.7. The molecule has 2 aliphatic rings. The Morgan fingerprint density at radius 3 is 2.73 bits per heavy atom. The Balaban J connectivity index is 1.52. The fourth-order valence-electron chi connectivity index (χ4n) is 3.95. The number of hydrazone groups is 1. The van der Waals surface area contributed by atoms with E-state index in [4.69, 9.17) is 0 Å². The van der Waals surface area contributed by atoms with E-state index in [-0.39, 0.29) is 24.7 Å². The van der Waals surface area contributed by atoms with Crippen LogP contribution < -0.4 is 10.3 Å². The molecule has 8 heteroatoms. The number of nitrogens with zero attached hydrogens (tertiary/aromatic N) is 3. The van der Waals surface area contributed by atoms with Gasteiger partial charge >= 0.3 is 0 Å². The summed E-state index contributed by atoms with van der Waals surface area (Å²) in [6.07, 6.45) is 6.74. The van der Waals surface area contributed by atoms with E-state index in [1.54, 1.807) is 6.20 Å². The van der Waals surface area contributed by atoms with Gasteiger partial charge in [0.2, 0.25) is 5.91 Å². The van der Waals surface area contributed by atoms with Crippen LogP contribution in [0.4, 0.5) is 10.8 Å². The fourth-order valence-corrected chi connectivity index (χ4v) is 4.91. The van der Waals surface area contributed by atoms with E-state index in [0.29, 0.717) is 16.5 Å². The largest absolute Gasteiger partial charge is 0.384 e. The van der Waals surface area contributed by atoms with Gasteiger partial charge in [0, 0.05) is 19.0 Å². The third-order valence-corrected chi connectivity index (χ3v) is 6.86. The van der Waals surface area contributed by atoms with Crippen molar-refractivity contribution >= 4 is 39.7 Å². The van der Waals surface area contributed by atoms with Crippen molar-refractivity contribution < 1.29 is 14.7 Å². The van der Waals surface area contributed by atoms with Crippen LogP contribution in [0.3, 0.4) is 0 Å². The van der Waals surface area contributed by atoms with E-state index < -0.39 is 5.60 Å². The number of nitrogens with one attached hydrogen (secondary N) is 1. The highest BCUT2D eigenvalue weighted by Gasteiger charge is 2.33. The summed E-state index contributed by atoms with van der Waals surface area (Å²) < 4.78 is 0. The van der Waals surface area contributed by atoms with Gasteiger partial charge in [-0.1, -0.05) is 42.7 Å². The number of amides is 2. The quantitative estimate of drug-likeness (QED) is 0.772. The molecule has 2 amide bonds. The van der Waals surface area contributed by atoms with Gasteiger partial charge in [-0.2, -0.15) is 5.10 Å². The summed E-state index contributed by atoms with van der Waals surface area (Å²) in [7, 11) is 0. The first-order valence-corrected chi connectivity index (χ1v) is 11.2. The molecule has 2 N–H and O–H groups in total. The molecule has 0 saturated heterocycles. The third-order valence-electron chi connectivity index (χ3n) is 5.75. The lowest BCUT2D eigenvalue weighted by Crippen LogP contribution is -2.36. The van der Waals surface area contributed by atoms with Crippen molar-refractivity contribution in [2.75, 3.05) is 10.3 Å². The van der Waals surface area contributed by atoms with E-state index in [1.165, 1.54) is 16.3 Å². The van der Waals surface area contributed by atoms with Crippen molar-refractivity contribution in [2.24, 2.45) is 5.10 Å². The molecule has 1 aliphatic heterocycles. The molecule has 2 heterocycles. The van der Waals surface area contributed by atoms with Crippen LogP contribution in [0.2, 0.25) is 0 Å². The summed E-state index contributed by atoms with van der Waals surface area (Å²) in [4.78, 5) is 30.3. The van der Waals surface area contributed by atoms with Crippen LogP contribution >= 0.6 is 11.3 Å². The number of aromatic nitrogens is 1. The molecular weight excluding hydrogens is 400 g/mol. The van der Waals surface area contributed by atoms with E-state index in [2.05, 4.69) is 15.4 Å². The third kappa shape index (κ3) is 4.15. The van der Waals surface area contributed by atoms with Gasteiger partial charge in [0.05, 0.1) is 10.6 Å². The standard InChI is InChI=1S/C22H26N4O3S/c1-14-6-7-15(2)17(12-14)26-19(27)9-8-16(25-26)20(28)24-21-23-13-18(30-21)22(29)10-4-3-5-11-22/h6-7,12-13,29H,3-5,8-11H2,1-2H3,(H,23,24,28). The number of carbonyl (C=O) groups excluding carboxylic acids is 2. The smallest absolute Gasteiger partial charge is 0.273 e. The topological polar surface area (TPSA) is 94.9 Å². The molecule has 2 aromatic rings. The number of thiazole rings is 1. The molecule has 4 rings (SSSR count). The Bertz CT molecular complexity index is 1010. The summed E-state index contributed by atoms with van der Waals surface area (Å²) >= 11 is 1.30. The van der Waals surface area contributed by atoms with Crippen molar-refractivity contribution in [3.63, 3.8) is 0 Å². The number of hydrogen-bond donors (Lipinski definition) is 2. The molecule has 1 fully saturated rings. The van der Waals surface area contributed by atoms with Gasteiger partial charge in [-0.05, 0) is 43.9 Å². The van der Waals surface area contributed by atoms with Gasteiger partial charge in [-0.3, -0.25) is 14.9 Å². The first-order valence-electron chi connectivity index (χ1n) is 10.3. The number of benzene rings is 1. The molecule has 0 radical (unpaired) electrons. The number of carbonyl (C=O) groups is 2. The zero-order valence-electron chi connectivity index (χ0n) is 17.3. The zero-order chi connectivity index (χ0) is 21.3. The highest BCUT2D eigenvalue weighted by Crippen LogP contribution is 2.40. The second kappa shape index (κ2) is 8.28. The van der Waals surface area contributed by atoms with Gasteiger partial charge in [0.1, 0.15) is 11.3 Å². The van der Waals surface area contributed by atoms with Crippen molar-refractivity contribution in [1.29, 1.82) is 0 Å². The summed E-state index contributed by atoms with van der Waals surface area (Å²) in [5.74, 6) is -0.495. The SMILES string of the molecule is Cc1ccc(C)c(N2N=C(C(=O)Nc3ncc(C4(O)CCCCC4)s3)CCC2=O)c1. The summed E-state index contributed by atoms with van der Waals surface area (Å²) in [5.41, 5.74) is 2.09. The molecule has 1 aliphatic carbocycles. The van der Waals surface area contributed by atoms with Crippen LogP contribution in [0, 0.1) is 13.8 Å². The Morgan fingerprint density at radius 2 is 1.97 bits per heavy atom. The Labute approximate surface area is 179 Å². The summed E-state index contributed by atoms with van der Waals surface area (Å²) in [6, 6.07) is 5.81. The Morgan fingerprint density at radius 1 is 1.20 bits per heavy atom. The fraction of sp³-hybridized carbons (Fsp3) is 0.455. The minimum absolute atomic E-state index is 0.128. The van der Waals surface area contributed by atoms with Crippen molar-refractivity contribution in [1.82, 2.24) is 4.98 Å². The maximum atomic E-state index is 12.8. The monoisotopic (exact) mass is 426 g/mol. The van der Waals surface area contributed by atoms with Crippen molar-refractivity contribution in [3.05, 3.63) is 40.4 Å². The van der Waals surface area contributed by atoms with Gasteiger partial charge < -0.3 is 5.11 Å². The van der Waals surface area contributed by atoms with Gasteiger partial charge in [-0.15, -0.1) is 0 Å². The summed E-state index contributed by atoms with van der Waals surface area (Å²) in [5, 5.41) is 19.8. The molecular formula is C22H26N4O3S. The van der Waals surface area contributed by atoms with E-state index in [9.17, 15) is 14.7 Å². The molecule has 1 saturated carbocycles. The first-order chi connectivity index (χ1) is 14.4. The molecule has 158 valence electrons. The molecule has 7 nitrogen and oxygen atoms in total. The van der Waals surface area contributed by atoms with Crippen LogP contribution in [0.5, 0.6) is 0 Å². The van der Waals surface area contributed by atoms with E-state index in [0.717, 1.165) is 48.1 Å². The maximum absolute atomic E-state index is 12.8. The van der Waals surface area contributed by atoms with Crippen LogP contribution in [0.15, 0.2) is 29.5 Å². The second-order valence-electron chi connectivity index (χ2n) is 8.12. The van der Waals surface area contributed by atoms with Gasteiger partial charge in [-0.25, -0.2) is 9.99 Å². The number of rotatable bonds is 4. The van der Waals surface area contributed by atoms with Crippen LogP contribution in [-0.2, 0) is 15.2 Å². The maximum Gasteiger partial charge on any atom is 0.273 e. The van der Waals surface area contributed by atoms with Crippen LogP contribution in [0.25, 0.3) is 0 Å². The number of aliphatic hydroxyl groups is 1. The van der Waals surface area contributed by atoms with E-state index in [1.807, 2.05) is 32.0 Å². The van der Waals surface area contributed by atoms with Gasteiger partial charge in [0.25, 0.3) is 5.91 Å². The lowest BCUT2D eigenvalue weighted by atomic mass is 9.84. The van der Waals surface area contributed by atoms with Crippen LogP contribution in [-0.4, -0.2) is 27.6 Å². The number of anilines is 2. The highest BCUT2D eigenvalue weighted by molar-refractivity contribution is 7.16. The highest BCUT2D eigenvalue weighted by atomic mass is 32.1. The Hall–Kier alpha value is -2.58. The molecule has 30 heavy (non-hydrogen) atoms. The predicted octanol–water partition coefficient (Wildman–Crippen LogP) is 4.03. The molecule has 1 aromatic heterocycles. The lowest BCUT2D eigenvalue weighted by molar-refractivity contribution is -0.118. The van der Waals surface area contributed by atoms with Crippen LogP contribution in [0.1, 0.15) is 60.9 Å². The normalized spacial score (nSPS) is 18.8. The average Bonchev–Trinajstić information content (AvgIpc) is 3.20. The number of aryl methyl sites for hydroxylation is 2. The lowest BCUT2D eigenvalue weighted by Gasteiger charge is -2.30. The number of hydrogen-bond acceptors (Lipinski definition) is 6. The second-order valence-corrected chi connectivity index (χ2v) is 9.15. The summed E-state index contributed by atoms with van der Waals surface area (Å²) in [6.45, 7) is 3.87.